The first-order valence-corrected chi connectivity index (χ1v) is 7.17. The van der Waals surface area contributed by atoms with Crippen molar-refractivity contribution in [3.8, 4) is 6.07 Å². The molecular formula is C18H19N3O. The quantitative estimate of drug-likeness (QED) is 0.686. The Kier molecular flexibility index (Phi) is 4.80. The second-order valence-electron chi connectivity index (χ2n) is 5.42. The van der Waals surface area contributed by atoms with E-state index in [-0.39, 0.29) is 5.57 Å². The van der Waals surface area contributed by atoms with Gasteiger partial charge in [0.2, 0.25) is 0 Å². The summed E-state index contributed by atoms with van der Waals surface area (Å²) in [5.74, 6) is -0.394. The highest BCUT2D eigenvalue weighted by atomic mass is 16.1. The lowest BCUT2D eigenvalue weighted by Gasteiger charge is -2.07. The zero-order chi connectivity index (χ0) is 16.1. The first kappa shape index (κ1) is 15.6. The van der Waals surface area contributed by atoms with Crippen LogP contribution in [0.1, 0.15) is 31.0 Å². The Morgan fingerprint density at radius 3 is 2.64 bits per heavy atom. The largest absolute Gasteiger partial charge is 0.351 e. The highest BCUT2D eigenvalue weighted by Gasteiger charge is 2.11. The normalized spacial score (nSPS) is 11.3. The standard InChI is InChI=1S/C18H19N3O/c1-13(2)21-9-8-15(12-21)10-16(11-19)18(22)20-17-7-5-4-6-14(17)3/h4-10,12-13H,1-3H3,(H,20,22)/b16-10+. The van der Waals surface area contributed by atoms with Crippen LogP contribution in [0.15, 0.2) is 48.3 Å². The predicted molar refractivity (Wildman–Crippen MR) is 88.2 cm³/mol. The molecule has 1 aromatic carbocycles. The number of amides is 1. The maximum Gasteiger partial charge on any atom is 0.266 e. The van der Waals surface area contributed by atoms with Gasteiger partial charge in [0.15, 0.2) is 0 Å². The van der Waals surface area contributed by atoms with Gasteiger partial charge in [-0.3, -0.25) is 4.79 Å². The van der Waals surface area contributed by atoms with Crippen LogP contribution in [0.4, 0.5) is 5.69 Å². The molecule has 1 amide bonds. The third kappa shape index (κ3) is 3.64. The molecule has 1 aromatic heterocycles. The van der Waals surface area contributed by atoms with Gasteiger partial charge in [0.25, 0.3) is 5.91 Å². The van der Waals surface area contributed by atoms with Crippen molar-refractivity contribution in [3.63, 3.8) is 0 Å². The molecule has 0 aliphatic carbocycles. The number of nitrogens with zero attached hydrogens (tertiary/aromatic N) is 2. The zero-order valence-corrected chi connectivity index (χ0v) is 13.0. The van der Waals surface area contributed by atoms with Crippen molar-refractivity contribution in [1.82, 2.24) is 4.57 Å². The van der Waals surface area contributed by atoms with Gasteiger partial charge in [-0.1, -0.05) is 18.2 Å². The topological polar surface area (TPSA) is 57.8 Å². The fourth-order valence-corrected chi connectivity index (χ4v) is 2.05. The van der Waals surface area contributed by atoms with Crippen LogP contribution in [-0.2, 0) is 4.79 Å². The minimum atomic E-state index is -0.394. The average Bonchev–Trinajstić information content (AvgIpc) is 2.96. The summed E-state index contributed by atoms with van der Waals surface area (Å²) in [7, 11) is 0. The second-order valence-corrected chi connectivity index (χ2v) is 5.42. The highest BCUT2D eigenvalue weighted by Crippen LogP contribution is 2.16. The lowest BCUT2D eigenvalue weighted by atomic mass is 10.1. The van der Waals surface area contributed by atoms with Crippen molar-refractivity contribution in [2.45, 2.75) is 26.8 Å². The lowest BCUT2D eigenvalue weighted by Crippen LogP contribution is -2.14. The molecule has 4 nitrogen and oxygen atoms in total. The van der Waals surface area contributed by atoms with Crippen molar-refractivity contribution in [3.05, 3.63) is 59.4 Å². The van der Waals surface area contributed by atoms with Crippen LogP contribution in [0.5, 0.6) is 0 Å². The zero-order valence-electron chi connectivity index (χ0n) is 13.0. The second kappa shape index (κ2) is 6.77. The fourth-order valence-electron chi connectivity index (χ4n) is 2.05. The summed E-state index contributed by atoms with van der Waals surface area (Å²) >= 11 is 0. The summed E-state index contributed by atoms with van der Waals surface area (Å²) in [6.07, 6.45) is 5.46. The number of aryl methyl sites for hydroxylation is 1. The molecule has 0 fully saturated rings. The molecule has 2 aromatic rings. The number of aromatic nitrogens is 1. The van der Waals surface area contributed by atoms with Crippen molar-refractivity contribution < 1.29 is 4.79 Å². The number of carbonyl (C=O) groups excluding carboxylic acids is 1. The molecule has 0 aliphatic rings. The van der Waals surface area contributed by atoms with E-state index in [1.807, 2.05) is 60.3 Å². The Morgan fingerprint density at radius 2 is 2.05 bits per heavy atom. The average molecular weight is 293 g/mol. The molecule has 1 heterocycles. The van der Waals surface area contributed by atoms with E-state index in [9.17, 15) is 10.1 Å². The van der Waals surface area contributed by atoms with E-state index >= 15 is 0 Å². The summed E-state index contributed by atoms with van der Waals surface area (Å²) in [4.78, 5) is 12.2. The summed E-state index contributed by atoms with van der Waals surface area (Å²) in [6.45, 7) is 6.06. The molecule has 0 saturated carbocycles. The molecule has 0 radical (unpaired) electrons. The smallest absolute Gasteiger partial charge is 0.266 e. The number of carbonyl (C=O) groups is 1. The predicted octanol–water partition coefficient (Wildman–Crippen LogP) is 3.92. The molecule has 0 aliphatic heterocycles. The molecule has 0 saturated heterocycles. The third-order valence-corrected chi connectivity index (χ3v) is 3.40. The van der Waals surface area contributed by atoms with E-state index in [2.05, 4.69) is 19.2 Å². The third-order valence-electron chi connectivity index (χ3n) is 3.40. The monoisotopic (exact) mass is 293 g/mol. The van der Waals surface area contributed by atoms with E-state index in [1.54, 1.807) is 6.08 Å². The summed E-state index contributed by atoms with van der Waals surface area (Å²) in [5, 5.41) is 12.0. The fraction of sp³-hybridized carbons (Fsp3) is 0.222. The molecule has 0 atom stereocenters. The summed E-state index contributed by atoms with van der Waals surface area (Å²) in [6, 6.07) is 11.7. The van der Waals surface area contributed by atoms with Crippen molar-refractivity contribution in [2.24, 2.45) is 0 Å². The first-order chi connectivity index (χ1) is 10.5. The van der Waals surface area contributed by atoms with Gasteiger partial charge >= 0.3 is 0 Å². The molecule has 1 N–H and O–H groups in total. The number of para-hydroxylation sites is 1. The maximum atomic E-state index is 12.2. The van der Waals surface area contributed by atoms with Gasteiger partial charge in [-0.2, -0.15) is 5.26 Å². The van der Waals surface area contributed by atoms with Gasteiger partial charge in [-0.25, -0.2) is 0 Å². The number of anilines is 1. The Hall–Kier alpha value is -2.80. The number of rotatable bonds is 4. The number of benzene rings is 1. The van der Waals surface area contributed by atoms with Gasteiger partial charge in [0, 0.05) is 24.1 Å². The van der Waals surface area contributed by atoms with Gasteiger partial charge in [0.1, 0.15) is 11.6 Å². The Bertz CT molecular complexity index is 748. The molecular weight excluding hydrogens is 274 g/mol. The molecule has 0 unspecified atom stereocenters. The molecule has 2 rings (SSSR count). The van der Waals surface area contributed by atoms with Crippen LogP contribution in [-0.4, -0.2) is 10.5 Å². The summed E-state index contributed by atoms with van der Waals surface area (Å²) < 4.78 is 2.03. The van der Waals surface area contributed by atoms with E-state index in [0.717, 1.165) is 11.1 Å². The minimum absolute atomic E-state index is 0.0877. The van der Waals surface area contributed by atoms with Crippen LogP contribution in [0, 0.1) is 18.3 Å². The Labute approximate surface area is 130 Å². The van der Waals surface area contributed by atoms with Crippen LogP contribution in [0.2, 0.25) is 0 Å². The van der Waals surface area contributed by atoms with E-state index in [4.69, 9.17) is 0 Å². The first-order valence-electron chi connectivity index (χ1n) is 7.17. The van der Waals surface area contributed by atoms with Gasteiger partial charge < -0.3 is 9.88 Å². The van der Waals surface area contributed by atoms with Gasteiger partial charge in [0.05, 0.1) is 0 Å². The van der Waals surface area contributed by atoms with Crippen LogP contribution < -0.4 is 5.32 Å². The SMILES string of the molecule is Cc1ccccc1NC(=O)/C(C#N)=C/c1ccn(C(C)C)c1. The van der Waals surface area contributed by atoms with Crippen LogP contribution in [0.25, 0.3) is 6.08 Å². The molecule has 0 spiro atoms. The number of hydrogen-bond donors (Lipinski definition) is 1. The van der Waals surface area contributed by atoms with E-state index in [0.29, 0.717) is 11.7 Å². The molecule has 0 bridgehead atoms. The van der Waals surface area contributed by atoms with Gasteiger partial charge in [-0.05, 0) is 50.1 Å². The van der Waals surface area contributed by atoms with Crippen molar-refractivity contribution in [2.75, 3.05) is 5.32 Å². The molecule has 4 heteroatoms. The number of hydrogen-bond acceptors (Lipinski definition) is 2. The van der Waals surface area contributed by atoms with Crippen molar-refractivity contribution >= 4 is 17.7 Å². The van der Waals surface area contributed by atoms with Crippen LogP contribution >= 0.6 is 0 Å². The Morgan fingerprint density at radius 1 is 1.32 bits per heavy atom. The highest BCUT2D eigenvalue weighted by molar-refractivity contribution is 6.09. The van der Waals surface area contributed by atoms with E-state index < -0.39 is 5.91 Å². The molecule has 112 valence electrons. The summed E-state index contributed by atoms with van der Waals surface area (Å²) in [5.41, 5.74) is 2.60. The number of nitrogens with one attached hydrogen (secondary N) is 1. The Balaban J connectivity index is 2.20. The van der Waals surface area contributed by atoms with E-state index in [1.165, 1.54) is 0 Å². The maximum absolute atomic E-state index is 12.2. The van der Waals surface area contributed by atoms with Crippen LogP contribution in [0.3, 0.4) is 0 Å². The number of nitriles is 1. The van der Waals surface area contributed by atoms with Crippen molar-refractivity contribution in [1.29, 1.82) is 5.26 Å². The minimum Gasteiger partial charge on any atom is -0.351 e. The van der Waals surface area contributed by atoms with Gasteiger partial charge in [-0.15, -0.1) is 0 Å². The lowest BCUT2D eigenvalue weighted by molar-refractivity contribution is -0.112. The molecule has 22 heavy (non-hydrogen) atoms.